The van der Waals surface area contributed by atoms with Crippen LogP contribution in [0.2, 0.25) is 10.0 Å². The number of nitrogens with zero attached hydrogens (tertiary/aromatic N) is 1. The Balaban J connectivity index is 2.71. The number of ether oxygens (including phenoxy) is 1. The van der Waals surface area contributed by atoms with Gasteiger partial charge in [0, 0.05) is 42.4 Å². The number of hydrogen-bond acceptors (Lipinski definition) is 3. The highest BCUT2D eigenvalue weighted by Gasteiger charge is 2.14. The molecule has 1 rings (SSSR count). The second-order valence-corrected chi connectivity index (χ2v) is 5.68. The maximum Gasteiger partial charge on any atom is 0.321 e. The number of amides is 2. The average Bonchev–Trinajstić information content (AvgIpc) is 2.37. The van der Waals surface area contributed by atoms with Crippen LogP contribution in [0.15, 0.2) is 18.2 Å². The van der Waals surface area contributed by atoms with Crippen LogP contribution in [0.25, 0.3) is 0 Å². The zero-order valence-corrected chi connectivity index (χ0v) is 13.9. The van der Waals surface area contributed by atoms with E-state index >= 15 is 0 Å². The first-order chi connectivity index (χ1) is 9.92. The van der Waals surface area contributed by atoms with E-state index in [1.165, 1.54) is 0 Å². The summed E-state index contributed by atoms with van der Waals surface area (Å²) in [7, 11) is 1.57. The molecule has 0 bridgehead atoms. The summed E-state index contributed by atoms with van der Waals surface area (Å²) in [6.45, 7) is 1.26. The Morgan fingerprint density at radius 3 is 2.48 bits per heavy atom. The van der Waals surface area contributed by atoms with Crippen molar-refractivity contribution < 1.29 is 9.53 Å². The molecule has 0 radical (unpaired) electrons. The van der Waals surface area contributed by atoms with Crippen molar-refractivity contribution >= 4 is 52.1 Å². The van der Waals surface area contributed by atoms with Gasteiger partial charge in [-0.15, -0.1) is 0 Å². The summed E-state index contributed by atoms with van der Waals surface area (Å²) in [5, 5.41) is 3.63. The van der Waals surface area contributed by atoms with Crippen LogP contribution in [0.1, 0.15) is 6.42 Å². The predicted molar refractivity (Wildman–Crippen MR) is 90.3 cm³/mol. The lowest BCUT2D eigenvalue weighted by molar-refractivity contribution is 0.156. The molecule has 116 valence electrons. The molecule has 5 nitrogen and oxygen atoms in total. The summed E-state index contributed by atoms with van der Waals surface area (Å²) in [5.41, 5.74) is 5.99. The number of methoxy groups -OCH3 is 1. The highest BCUT2D eigenvalue weighted by atomic mass is 35.5. The summed E-state index contributed by atoms with van der Waals surface area (Å²) < 4.78 is 4.99. The fourth-order valence-electron chi connectivity index (χ4n) is 1.59. The third-order valence-corrected chi connectivity index (χ3v) is 3.24. The molecule has 3 N–H and O–H groups in total. The molecule has 0 saturated heterocycles. The molecule has 0 spiro atoms. The molecule has 8 heteroatoms. The third kappa shape index (κ3) is 6.95. The first kappa shape index (κ1) is 18.0. The van der Waals surface area contributed by atoms with Crippen LogP contribution in [-0.4, -0.2) is 42.7 Å². The number of nitrogens with two attached hydrogens (primary N) is 1. The quantitative estimate of drug-likeness (QED) is 0.742. The number of thiocarbonyl (C=S) groups is 1. The number of urea groups is 1. The third-order valence-electron chi connectivity index (χ3n) is 2.59. The molecule has 0 aliphatic heterocycles. The lowest BCUT2D eigenvalue weighted by Crippen LogP contribution is -2.39. The average molecular weight is 350 g/mol. The second kappa shape index (κ2) is 9.04. The molecule has 0 unspecified atom stereocenters. The topological polar surface area (TPSA) is 67.6 Å². The molecule has 0 aliphatic rings. The van der Waals surface area contributed by atoms with E-state index in [1.54, 1.807) is 30.2 Å². The number of nitrogens with one attached hydrogen (secondary N) is 1. The molecular formula is C13H17Cl2N3O2S. The van der Waals surface area contributed by atoms with E-state index in [4.69, 9.17) is 45.9 Å². The Bertz CT molecular complexity index is 494. The van der Waals surface area contributed by atoms with Crippen LogP contribution in [0.3, 0.4) is 0 Å². The largest absolute Gasteiger partial charge is 0.393 e. The van der Waals surface area contributed by atoms with Crippen molar-refractivity contribution in [1.29, 1.82) is 0 Å². The number of carbonyl (C=O) groups excluding carboxylic acids is 1. The van der Waals surface area contributed by atoms with Crippen LogP contribution in [0.5, 0.6) is 0 Å². The molecular weight excluding hydrogens is 333 g/mol. The van der Waals surface area contributed by atoms with Crippen molar-refractivity contribution in [2.24, 2.45) is 5.73 Å². The second-order valence-electron chi connectivity index (χ2n) is 4.28. The molecule has 0 atom stereocenters. The zero-order valence-electron chi connectivity index (χ0n) is 11.6. The van der Waals surface area contributed by atoms with Crippen LogP contribution in [0, 0.1) is 0 Å². The maximum atomic E-state index is 12.2. The standard InChI is InChI=1S/C13H17Cl2N3O2S/c1-20-5-4-18(3-2-12(16)21)13(19)17-11-7-9(14)6-10(15)8-11/h6-8H,2-5H2,1H3,(H2,16,21)(H,17,19). The molecule has 0 heterocycles. The highest BCUT2D eigenvalue weighted by molar-refractivity contribution is 7.80. The number of carbonyl (C=O) groups is 1. The van der Waals surface area contributed by atoms with E-state index in [0.717, 1.165) is 0 Å². The van der Waals surface area contributed by atoms with Crippen molar-refractivity contribution in [2.45, 2.75) is 6.42 Å². The zero-order chi connectivity index (χ0) is 15.8. The Morgan fingerprint density at radius 1 is 1.33 bits per heavy atom. The lowest BCUT2D eigenvalue weighted by Gasteiger charge is -2.22. The van der Waals surface area contributed by atoms with Gasteiger partial charge in [0.25, 0.3) is 0 Å². The minimum absolute atomic E-state index is 0.290. The first-order valence-corrected chi connectivity index (χ1v) is 7.38. The summed E-state index contributed by atoms with van der Waals surface area (Å²) in [5.74, 6) is 0. The number of halogens is 2. The van der Waals surface area contributed by atoms with Gasteiger partial charge in [-0.05, 0) is 18.2 Å². The van der Waals surface area contributed by atoms with Gasteiger partial charge < -0.3 is 20.7 Å². The Morgan fingerprint density at radius 2 is 1.95 bits per heavy atom. The molecule has 0 aliphatic carbocycles. The summed E-state index contributed by atoms with van der Waals surface area (Å²) in [4.78, 5) is 14.2. The van der Waals surface area contributed by atoms with Gasteiger partial charge in [0.05, 0.1) is 11.6 Å². The van der Waals surface area contributed by atoms with Crippen molar-refractivity contribution in [3.8, 4) is 0 Å². The molecule has 1 aromatic carbocycles. The SMILES string of the molecule is COCCN(CCC(N)=S)C(=O)Nc1cc(Cl)cc(Cl)c1. The van der Waals surface area contributed by atoms with Crippen LogP contribution < -0.4 is 11.1 Å². The maximum absolute atomic E-state index is 12.2. The minimum atomic E-state index is -0.290. The molecule has 1 aromatic rings. The van der Waals surface area contributed by atoms with Gasteiger partial charge in [-0.1, -0.05) is 35.4 Å². The minimum Gasteiger partial charge on any atom is -0.393 e. The van der Waals surface area contributed by atoms with E-state index in [-0.39, 0.29) is 6.03 Å². The van der Waals surface area contributed by atoms with Gasteiger partial charge in [0.2, 0.25) is 0 Å². The van der Waals surface area contributed by atoms with E-state index in [1.807, 2.05) is 0 Å². The number of rotatable bonds is 7. The molecule has 0 aromatic heterocycles. The van der Waals surface area contributed by atoms with Crippen LogP contribution in [0.4, 0.5) is 10.5 Å². The van der Waals surface area contributed by atoms with Gasteiger partial charge in [0.15, 0.2) is 0 Å². The molecule has 0 fully saturated rings. The van der Waals surface area contributed by atoms with Crippen LogP contribution >= 0.6 is 35.4 Å². The highest BCUT2D eigenvalue weighted by Crippen LogP contribution is 2.22. The van der Waals surface area contributed by atoms with Gasteiger partial charge in [-0.25, -0.2) is 4.79 Å². The lowest BCUT2D eigenvalue weighted by atomic mass is 10.3. The summed E-state index contributed by atoms with van der Waals surface area (Å²) >= 11 is 16.6. The number of anilines is 1. The molecule has 2 amide bonds. The van der Waals surface area contributed by atoms with Crippen molar-refractivity contribution in [3.05, 3.63) is 28.2 Å². The van der Waals surface area contributed by atoms with E-state index in [0.29, 0.717) is 46.8 Å². The Hall–Kier alpha value is -1.08. The first-order valence-electron chi connectivity index (χ1n) is 6.21. The fraction of sp³-hybridized carbons (Fsp3) is 0.385. The van der Waals surface area contributed by atoms with Crippen molar-refractivity contribution in [1.82, 2.24) is 4.90 Å². The monoisotopic (exact) mass is 349 g/mol. The number of benzene rings is 1. The van der Waals surface area contributed by atoms with Gasteiger partial charge in [0.1, 0.15) is 0 Å². The van der Waals surface area contributed by atoms with E-state index in [9.17, 15) is 4.79 Å². The van der Waals surface area contributed by atoms with Gasteiger partial charge in [-0.2, -0.15) is 0 Å². The van der Waals surface area contributed by atoms with Gasteiger partial charge in [-0.3, -0.25) is 0 Å². The summed E-state index contributed by atoms with van der Waals surface area (Å²) in [6.07, 6.45) is 0.447. The molecule has 0 saturated carbocycles. The number of hydrogen-bond donors (Lipinski definition) is 2. The van der Waals surface area contributed by atoms with Crippen LogP contribution in [-0.2, 0) is 4.74 Å². The van der Waals surface area contributed by atoms with E-state index < -0.39 is 0 Å². The fourth-order valence-corrected chi connectivity index (χ4v) is 2.21. The van der Waals surface area contributed by atoms with Crippen molar-refractivity contribution in [2.75, 3.05) is 32.1 Å². The molecule has 21 heavy (non-hydrogen) atoms. The predicted octanol–water partition coefficient (Wildman–Crippen LogP) is 3.15. The summed E-state index contributed by atoms with van der Waals surface area (Å²) in [6, 6.07) is 4.54. The Labute approximate surface area is 139 Å². The van der Waals surface area contributed by atoms with Gasteiger partial charge >= 0.3 is 6.03 Å². The smallest absolute Gasteiger partial charge is 0.321 e. The Kier molecular flexibility index (Phi) is 7.74. The van der Waals surface area contributed by atoms with Crippen molar-refractivity contribution in [3.63, 3.8) is 0 Å². The van der Waals surface area contributed by atoms with E-state index in [2.05, 4.69) is 5.32 Å². The normalized spacial score (nSPS) is 10.2.